The number of carbonyl (C=O) groups is 2. The van der Waals surface area contributed by atoms with Crippen molar-refractivity contribution in [1.82, 2.24) is 5.32 Å². The Morgan fingerprint density at radius 1 is 1.08 bits per heavy atom. The first kappa shape index (κ1) is 19.3. The Morgan fingerprint density at radius 3 is 2.38 bits per heavy atom. The van der Waals surface area contributed by atoms with Gasteiger partial charge in [0.25, 0.3) is 0 Å². The zero-order valence-electron chi connectivity index (χ0n) is 15.3. The van der Waals surface area contributed by atoms with Crippen molar-refractivity contribution < 1.29 is 14.3 Å². The Kier molecular flexibility index (Phi) is 6.22. The van der Waals surface area contributed by atoms with Crippen molar-refractivity contribution in [2.75, 3.05) is 11.1 Å². The summed E-state index contributed by atoms with van der Waals surface area (Å²) in [6.45, 7) is 5.31. The van der Waals surface area contributed by atoms with E-state index in [2.05, 4.69) is 10.6 Å². The molecule has 0 aromatic heterocycles. The van der Waals surface area contributed by atoms with Crippen molar-refractivity contribution in [2.24, 2.45) is 0 Å². The first-order chi connectivity index (χ1) is 12.2. The van der Waals surface area contributed by atoms with Crippen molar-refractivity contribution in [3.05, 3.63) is 60.2 Å². The third-order valence-electron chi connectivity index (χ3n) is 3.44. The second-order valence-electron chi connectivity index (χ2n) is 7.00. The van der Waals surface area contributed by atoms with E-state index in [9.17, 15) is 9.59 Å². The maximum absolute atomic E-state index is 12.7. The lowest BCUT2D eigenvalue weighted by atomic mass is 10.1. The van der Waals surface area contributed by atoms with E-state index in [4.69, 9.17) is 10.5 Å². The third kappa shape index (κ3) is 6.47. The van der Waals surface area contributed by atoms with Crippen LogP contribution < -0.4 is 16.4 Å². The van der Waals surface area contributed by atoms with Crippen LogP contribution in [-0.4, -0.2) is 23.6 Å². The summed E-state index contributed by atoms with van der Waals surface area (Å²) < 4.78 is 5.28. The molecule has 0 bridgehead atoms. The largest absolute Gasteiger partial charge is 0.444 e. The fourth-order valence-corrected chi connectivity index (χ4v) is 2.35. The summed E-state index contributed by atoms with van der Waals surface area (Å²) in [7, 11) is 0. The van der Waals surface area contributed by atoms with Gasteiger partial charge < -0.3 is 21.1 Å². The van der Waals surface area contributed by atoms with Crippen molar-refractivity contribution >= 4 is 23.4 Å². The number of nitrogens with two attached hydrogens (primary N) is 1. The molecule has 2 amide bonds. The molecule has 0 saturated heterocycles. The Morgan fingerprint density at radius 2 is 1.77 bits per heavy atom. The predicted molar refractivity (Wildman–Crippen MR) is 103 cm³/mol. The van der Waals surface area contributed by atoms with E-state index in [0.29, 0.717) is 17.8 Å². The van der Waals surface area contributed by atoms with Crippen LogP contribution in [0.15, 0.2) is 54.6 Å². The Balaban J connectivity index is 2.13. The highest BCUT2D eigenvalue weighted by Gasteiger charge is 2.24. The van der Waals surface area contributed by atoms with Crippen LogP contribution in [-0.2, 0) is 16.0 Å². The highest BCUT2D eigenvalue weighted by Crippen LogP contribution is 2.14. The van der Waals surface area contributed by atoms with Crippen LogP contribution in [0.2, 0.25) is 0 Å². The molecule has 1 atom stereocenters. The molecule has 0 fully saturated rings. The molecule has 0 saturated carbocycles. The van der Waals surface area contributed by atoms with E-state index >= 15 is 0 Å². The van der Waals surface area contributed by atoms with Crippen LogP contribution >= 0.6 is 0 Å². The Bertz CT molecular complexity index is 754. The van der Waals surface area contributed by atoms with E-state index in [1.807, 2.05) is 30.3 Å². The molecular formula is C20H25N3O3. The van der Waals surface area contributed by atoms with Crippen LogP contribution in [0.25, 0.3) is 0 Å². The minimum absolute atomic E-state index is 0.341. The number of alkyl carbamates (subject to hydrolysis) is 1. The molecule has 26 heavy (non-hydrogen) atoms. The summed E-state index contributed by atoms with van der Waals surface area (Å²) in [4.78, 5) is 24.8. The van der Waals surface area contributed by atoms with Gasteiger partial charge in [-0.15, -0.1) is 0 Å². The molecule has 0 aliphatic carbocycles. The topological polar surface area (TPSA) is 93.4 Å². The molecule has 6 heteroatoms. The number of amides is 2. The minimum Gasteiger partial charge on any atom is -0.444 e. The van der Waals surface area contributed by atoms with Gasteiger partial charge in [-0.25, -0.2) is 4.79 Å². The van der Waals surface area contributed by atoms with Gasteiger partial charge in [0.1, 0.15) is 11.6 Å². The normalized spacial score (nSPS) is 12.1. The van der Waals surface area contributed by atoms with Crippen LogP contribution in [0.5, 0.6) is 0 Å². The smallest absolute Gasteiger partial charge is 0.408 e. The SMILES string of the molecule is CC(C)(C)OC(=O)NC(Cc1ccccc1)C(=O)Nc1cccc(N)c1. The lowest BCUT2D eigenvalue weighted by molar-refractivity contribution is -0.118. The lowest BCUT2D eigenvalue weighted by Crippen LogP contribution is -2.47. The Labute approximate surface area is 153 Å². The average Bonchev–Trinajstić information content (AvgIpc) is 2.53. The van der Waals surface area contributed by atoms with Gasteiger partial charge in [-0.05, 0) is 44.5 Å². The lowest BCUT2D eigenvalue weighted by Gasteiger charge is -2.23. The van der Waals surface area contributed by atoms with Gasteiger partial charge in [-0.1, -0.05) is 36.4 Å². The summed E-state index contributed by atoms with van der Waals surface area (Å²) in [6, 6.07) is 15.6. The average molecular weight is 355 g/mol. The maximum atomic E-state index is 12.7. The number of rotatable bonds is 5. The number of ether oxygens (including phenoxy) is 1. The van der Waals surface area contributed by atoms with Gasteiger partial charge in [0.15, 0.2) is 0 Å². The van der Waals surface area contributed by atoms with E-state index in [1.54, 1.807) is 45.0 Å². The molecule has 4 N–H and O–H groups in total. The standard InChI is InChI=1S/C20H25N3O3/c1-20(2,3)26-19(25)23-17(12-14-8-5-4-6-9-14)18(24)22-16-11-7-10-15(21)13-16/h4-11,13,17H,12,21H2,1-3H3,(H,22,24)(H,23,25). The predicted octanol–water partition coefficient (Wildman–Crippen LogP) is 3.34. The van der Waals surface area contributed by atoms with Gasteiger partial charge in [0.2, 0.25) is 5.91 Å². The molecule has 0 spiro atoms. The van der Waals surface area contributed by atoms with E-state index in [1.165, 1.54) is 0 Å². The van der Waals surface area contributed by atoms with Crippen molar-refractivity contribution in [3.63, 3.8) is 0 Å². The molecule has 1 unspecified atom stereocenters. The number of anilines is 2. The van der Waals surface area contributed by atoms with Crippen LogP contribution in [0.3, 0.4) is 0 Å². The van der Waals surface area contributed by atoms with Crippen LogP contribution in [0.4, 0.5) is 16.2 Å². The van der Waals surface area contributed by atoms with Gasteiger partial charge in [-0.2, -0.15) is 0 Å². The first-order valence-corrected chi connectivity index (χ1v) is 8.43. The molecule has 2 aromatic rings. The maximum Gasteiger partial charge on any atom is 0.408 e. The molecule has 2 aromatic carbocycles. The van der Waals surface area contributed by atoms with E-state index in [-0.39, 0.29) is 5.91 Å². The minimum atomic E-state index is -0.784. The number of hydrogen-bond acceptors (Lipinski definition) is 4. The van der Waals surface area contributed by atoms with Gasteiger partial charge >= 0.3 is 6.09 Å². The van der Waals surface area contributed by atoms with Gasteiger partial charge in [0, 0.05) is 17.8 Å². The summed E-state index contributed by atoms with van der Waals surface area (Å²) in [5.41, 5.74) is 7.14. The molecule has 6 nitrogen and oxygen atoms in total. The third-order valence-corrected chi connectivity index (χ3v) is 3.44. The number of hydrogen-bond donors (Lipinski definition) is 3. The number of nitrogen functional groups attached to an aromatic ring is 1. The van der Waals surface area contributed by atoms with Crippen molar-refractivity contribution in [2.45, 2.75) is 38.8 Å². The highest BCUT2D eigenvalue weighted by atomic mass is 16.6. The Hall–Kier alpha value is -3.02. The van der Waals surface area contributed by atoms with Crippen LogP contribution in [0, 0.1) is 0 Å². The fourth-order valence-electron chi connectivity index (χ4n) is 2.35. The zero-order valence-corrected chi connectivity index (χ0v) is 15.3. The molecular weight excluding hydrogens is 330 g/mol. The highest BCUT2D eigenvalue weighted by molar-refractivity contribution is 5.97. The van der Waals surface area contributed by atoms with Gasteiger partial charge in [0.05, 0.1) is 0 Å². The van der Waals surface area contributed by atoms with E-state index in [0.717, 1.165) is 5.56 Å². The zero-order chi connectivity index (χ0) is 19.2. The van der Waals surface area contributed by atoms with E-state index < -0.39 is 17.7 Å². The molecule has 0 aliphatic heterocycles. The summed E-state index contributed by atoms with van der Waals surface area (Å²) in [5.74, 6) is -0.342. The fraction of sp³-hybridized carbons (Fsp3) is 0.300. The molecule has 0 aliphatic rings. The molecule has 2 rings (SSSR count). The van der Waals surface area contributed by atoms with Crippen molar-refractivity contribution in [3.8, 4) is 0 Å². The number of carbonyl (C=O) groups excluding carboxylic acids is 2. The second kappa shape index (κ2) is 8.38. The monoisotopic (exact) mass is 355 g/mol. The molecule has 0 radical (unpaired) electrons. The van der Waals surface area contributed by atoms with Gasteiger partial charge in [-0.3, -0.25) is 4.79 Å². The summed E-state index contributed by atoms with van der Waals surface area (Å²) in [6.07, 6.45) is -0.296. The molecule has 138 valence electrons. The first-order valence-electron chi connectivity index (χ1n) is 8.43. The van der Waals surface area contributed by atoms with Crippen molar-refractivity contribution in [1.29, 1.82) is 0 Å². The number of nitrogens with one attached hydrogen (secondary N) is 2. The number of benzene rings is 2. The summed E-state index contributed by atoms with van der Waals surface area (Å²) >= 11 is 0. The summed E-state index contributed by atoms with van der Waals surface area (Å²) in [5, 5.41) is 5.43. The molecule has 0 heterocycles. The quantitative estimate of drug-likeness (QED) is 0.717. The van der Waals surface area contributed by atoms with Crippen LogP contribution in [0.1, 0.15) is 26.3 Å². The second-order valence-corrected chi connectivity index (χ2v) is 7.00.